The van der Waals surface area contributed by atoms with Crippen molar-refractivity contribution in [1.82, 2.24) is 0 Å². The lowest BCUT2D eigenvalue weighted by atomic mass is 10.1. The number of anilines is 2. The Labute approximate surface area is 83.5 Å². The van der Waals surface area contributed by atoms with E-state index in [2.05, 4.69) is 4.90 Å². The lowest BCUT2D eigenvalue weighted by molar-refractivity contribution is 0.385. The van der Waals surface area contributed by atoms with Crippen molar-refractivity contribution >= 4 is 11.4 Å². The highest BCUT2D eigenvalue weighted by atomic mass is 19.1. The smallest absolute Gasteiger partial charge is 0.0940 e. The van der Waals surface area contributed by atoms with E-state index in [1.165, 1.54) is 0 Å². The summed E-state index contributed by atoms with van der Waals surface area (Å²) in [5.41, 5.74) is 7.52. The summed E-state index contributed by atoms with van der Waals surface area (Å²) >= 11 is 0. The van der Waals surface area contributed by atoms with E-state index in [1.54, 1.807) is 0 Å². The zero-order valence-electron chi connectivity index (χ0n) is 8.12. The molecular weight excluding hydrogens is 179 g/mol. The summed E-state index contributed by atoms with van der Waals surface area (Å²) in [6.07, 6.45) is 0.959. The number of nitrogens with zero attached hydrogens (tertiary/aromatic N) is 1. The minimum Gasteiger partial charge on any atom is -0.399 e. The van der Waals surface area contributed by atoms with E-state index in [1.807, 2.05) is 24.3 Å². The first-order valence-electron chi connectivity index (χ1n) is 4.96. The van der Waals surface area contributed by atoms with Gasteiger partial charge in [-0.3, -0.25) is 4.39 Å². The van der Waals surface area contributed by atoms with Gasteiger partial charge in [0.15, 0.2) is 0 Å². The van der Waals surface area contributed by atoms with Crippen molar-refractivity contribution in [3.05, 3.63) is 24.3 Å². The average Bonchev–Trinajstić information content (AvgIpc) is 2.67. The minimum absolute atomic E-state index is 0.203. The van der Waals surface area contributed by atoms with Crippen molar-refractivity contribution in [1.29, 1.82) is 0 Å². The number of rotatable bonds is 2. The van der Waals surface area contributed by atoms with Gasteiger partial charge < -0.3 is 10.6 Å². The molecule has 14 heavy (non-hydrogen) atoms. The summed E-state index contributed by atoms with van der Waals surface area (Å²) in [6, 6.07) is 7.77. The Morgan fingerprint density at radius 3 is 2.64 bits per heavy atom. The fourth-order valence-corrected chi connectivity index (χ4v) is 1.88. The predicted octanol–water partition coefficient (Wildman–Crippen LogP) is 2.06. The summed E-state index contributed by atoms with van der Waals surface area (Å²) in [6.45, 7) is 1.59. The van der Waals surface area contributed by atoms with E-state index in [0.717, 1.165) is 30.9 Å². The lowest BCUT2D eigenvalue weighted by Crippen LogP contribution is -2.19. The van der Waals surface area contributed by atoms with Gasteiger partial charge in [-0.05, 0) is 30.7 Å². The number of halogens is 1. The van der Waals surface area contributed by atoms with Crippen LogP contribution in [-0.4, -0.2) is 19.8 Å². The van der Waals surface area contributed by atoms with Crippen LogP contribution in [0, 0.1) is 5.92 Å². The second-order valence-electron chi connectivity index (χ2n) is 3.85. The predicted molar refractivity (Wildman–Crippen MR) is 57.1 cm³/mol. The number of hydrogen-bond donors (Lipinski definition) is 1. The Hall–Kier alpha value is -1.25. The van der Waals surface area contributed by atoms with Gasteiger partial charge in [0.25, 0.3) is 0 Å². The Morgan fingerprint density at radius 1 is 1.36 bits per heavy atom. The van der Waals surface area contributed by atoms with Crippen molar-refractivity contribution in [3.63, 3.8) is 0 Å². The molecule has 0 bridgehead atoms. The molecule has 0 saturated carbocycles. The summed E-state index contributed by atoms with van der Waals surface area (Å²) in [7, 11) is 0. The summed E-state index contributed by atoms with van der Waals surface area (Å²) in [5.74, 6) is 0.215. The first-order chi connectivity index (χ1) is 6.79. The van der Waals surface area contributed by atoms with E-state index in [0.29, 0.717) is 0 Å². The van der Waals surface area contributed by atoms with Crippen LogP contribution in [-0.2, 0) is 0 Å². The highest BCUT2D eigenvalue weighted by molar-refractivity contribution is 5.53. The van der Waals surface area contributed by atoms with Crippen LogP contribution in [0.25, 0.3) is 0 Å². The summed E-state index contributed by atoms with van der Waals surface area (Å²) in [5, 5.41) is 0. The molecular formula is C11H15FN2. The van der Waals surface area contributed by atoms with Crippen LogP contribution in [0.1, 0.15) is 6.42 Å². The molecule has 1 aliphatic rings. The fourth-order valence-electron chi connectivity index (χ4n) is 1.88. The monoisotopic (exact) mass is 194 g/mol. The molecule has 1 aliphatic heterocycles. The molecule has 3 heteroatoms. The third kappa shape index (κ3) is 1.81. The van der Waals surface area contributed by atoms with Gasteiger partial charge in [-0.25, -0.2) is 0 Å². The molecule has 2 N–H and O–H groups in total. The van der Waals surface area contributed by atoms with Crippen LogP contribution in [0.4, 0.5) is 15.8 Å². The van der Waals surface area contributed by atoms with Crippen LogP contribution in [0.15, 0.2) is 24.3 Å². The molecule has 0 spiro atoms. The number of nitrogens with two attached hydrogens (primary N) is 1. The highest BCUT2D eigenvalue weighted by Crippen LogP contribution is 2.24. The average molecular weight is 194 g/mol. The molecule has 1 fully saturated rings. The third-order valence-electron chi connectivity index (χ3n) is 2.76. The molecule has 0 aliphatic carbocycles. The number of nitrogen functional groups attached to an aromatic ring is 1. The van der Waals surface area contributed by atoms with Crippen molar-refractivity contribution in [2.45, 2.75) is 6.42 Å². The van der Waals surface area contributed by atoms with Gasteiger partial charge in [-0.1, -0.05) is 0 Å². The zero-order chi connectivity index (χ0) is 9.97. The van der Waals surface area contributed by atoms with Crippen molar-refractivity contribution in [2.75, 3.05) is 30.4 Å². The van der Waals surface area contributed by atoms with Crippen LogP contribution in [0.5, 0.6) is 0 Å². The van der Waals surface area contributed by atoms with Crippen LogP contribution in [0.2, 0.25) is 0 Å². The van der Waals surface area contributed by atoms with Crippen LogP contribution in [0.3, 0.4) is 0 Å². The normalized spacial score (nSPS) is 21.5. The van der Waals surface area contributed by atoms with E-state index in [-0.39, 0.29) is 12.6 Å². The minimum atomic E-state index is -0.203. The fraction of sp³-hybridized carbons (Fsp3) is 0.455. The second-order valence-corrected chi connectivity index (χ2v) is 3.85. The quantitative estimate of drug-likeness (QED) is 0.730. The maximum atomic E-state index is 12.4. The van der Waals surface area contributed by atoms with Gasteiger partial charge in [-0.15, -0.1) is 0 Å². The van der Waals surface area contributed by atoms with E-state index >= 15 is 0 Å². The molecule has 1 aromatic carbocycles. The second kappa shape index (κ2) is 3.86. The van der Waals surface area contributed by atoms with Gasteiger partial charge in [0.1, 0.15) is 0 Å². The summed E-state index contributed by atoms with van der Waals surface area (Å²) < 4.78 is 12.4. The van der Waals surface area contributed by atoms with Crippen LogP contribution >= 0.6 is 0 Å². The Balaban J connectivity index is 2.06. The van der Waals surface area contributed by atoms with E-state index < -0.39 is 0 Å². The van der Waals surface area contributed by atoms with E-state index in [4.69, 9.17) is 5.73 Å². The first kappa shape index (κ1) is 9.31. The SMILES string of the molecule is Nc1ccc(N2CC[C@@H](CF)C2)cc1. The van der Waals surface area contributed by atoms with Crippen molar-refractivity contribution < 1.29 is 4.39 Å². The molecule has 1 saturated heterocycles. The molecule has 1 aromatic rings. The molecule has 0 unspecified atom stereocenters. The molecule has 2 nitrogen and oxygen atoms in total. The van der Waals surface area contributed by atoms with Crippen molar-refractivity contribution in [3.8, 4) is 0 Å². The Kier molecular flexibility index (Phi) is 2.57. The topological polar surface area (TPSA) is 29.3 Å². The first-order valence-corrected chi connectivity index (χ1v) is 4.96. The maximum absolute atomic E-state index is 12.4. The molecule has 1 atom stereocenters. The number of hydrogen-bond acceptors (Lipinski definition) is 2. The van der Waals surface area contributed by atoms with Gasteiger partial charge in [0, 0.05) is 30.4 Å². The lowest BCUT2D eigenvalue weighted by Gasteiger charge is -2.18. The number of alkyl halides is 1. The largest absolute Gasteiger partial charge is 0.399 e. The highest BCUT2D eigenvalue weighted by Gasteiger charge is 2.22. The third-order valence-corrected chi connectivity index (χ3v) is 2.76. The molecule has 2 rings (SSSR count). The molecule has 0 amide bonds. The zero-order valence-corrected chi connectivity index (χ0v) is 8.12. The standard InChI is InChI=1S/C11H15FN2/c12-7-9-5-6-14(8-9)11-3-1-10(13)2-4-11/h1-4,9H,5-8,13H2/t9-/m0/s1. The number of benzene rings is 1. The molecule has 76 valence electrons. The summed E-state index contributed by atoms with van der Waals surface area (Å²) in [4.78, 5) is 2.21. The Morgan fingerprint density at radius 2 is 2.07 bits per heavy atom. The van der Waals surface area contributed by atoms with E-state index in [9.17, 15) is 4.39 Å². The van der Waals surface area contributed by atoms with Gasteiger partial charge in [-0.2, -0.15) is 0 Å². The molecule has 1 heterocycles. The van der Waals surface area contributed by atoms with Gasteiger partial charge >= 0.3 is 0 Å². The molecule has 0 radical (unpaired) electrons. The maximum Gasteiger partial charge on any atom is 0.0940 e. The Bertz CT molecular complexity index is 297. The van der Waals surface area contributed by atoms with Gasteiger partial charge in [0.05, 0.1) is 6.67 Å². The van der Waals surface area contributed by atoms with Gasteiger partial charge in [0.2, 0.25) is 0 Å². The van der Waals surface area contributed by atoms with Crippen molar-refractivity contribution in [2.24, 2.45) is 5.92 Å². The molecule has 0 aromatic heterocycles. The van der Waals surface area contributed by atoms with Crippen LogP contribution < -0.4 is 10.6 Å².